The third-order valence-corrected chi connectivity index (χ3v) is 2.73. The fraction of sp³-hybridized carbons (Fsp3) is 0.143. The molecule has 1 heterocycles. The molecule has 0 fully saturated rings. The van der Waals surface area contributed by atoms with E-state index in [1.807, 2.05) is 6.07 Å². The minimum Gasteiger partial charge on any atom is -0.322 e. The Bertz CT molecular complexity index is 636. The molecular weight excluding hydrogens is 240 g/mol. The quantitative estimate of drug-likeness (QED) is 0.888. The zero-order valence-corrected chi connectivity index (χ0v) is 10.6. The average molecular weight is 252 g/mol. The topological polar surface area (TPSA) is 78.7 Å². The van der Waals surface area contributed by atoms with Crippen LogP contribution in [0.15, 0.2) is 30.6 Å². The molecule has 0 aliphatic carbocycles. The van der Waals surface area contributed by atoms with Gasteiger partial charge in [-0.1, -0.05) is 0 Å². The molecule has 0 spiro atoms. The van der Waals surface area contributed by atoms with Crippen LogP contribution in [-0.2, 0) is 0 Å². The molecule has 19 heavy (non-hydrogen) atoms. The minimum absolute atomic E-state index is 0.250. The summed E-state index contributed by atoms with van der Waals surface area (Å²) in [6.07, 6.45) is 1.43. The molecule has 5 nitrogen and oxygen atoms in total. The SMILES string of the molecule is Cc1ncnc(C)c1C(=O)Nc1ccc(C#N)cc1. The molecule has 1 N–H and O–H groups in total. The monoisotopic (exact) mass is 252 g/mol. The Morgan fingerprint density at radius 2 is 1.74 bits per heavy atom. The van der Waals surface area contributed by atoms with Gasteiger partial charge in [-0.25, -0.2) is 9.97 Å². The van der Waals surface area contributed by atoms with E-state index in [2.05, 4.69) is 15.3 Å². The number of carbonyl (C=O) groups excluding carboxylic acids is 1. The van der Waals surface area contributed by atoms with Crippen LogP contribution in [0.2, 0.25) is 0 Å². The Labute approximate surface area is 110 Å². The van der Waals surface area contributed by atoms with E-state index in [-0.39, 0.29) is 5.91 Å². The first-order valence-electron chi connectivity index (χ1n) is 5.71. The van der Waals surface area contributed by atoms with Crippen molar-refractivity contribution in [2.24, 2.45) is 0 Å². The lowest BCUT2D eigenvalue weighted by atomic mass is 10.1. The Balaban J connectivity index is 2.23. The summed E-state index contributed by atoms with van der Waals surface area (Å²) in [5.41, 5.74) is 2.93. The lowest BCUT2D eigenvalue weighted by molar-refractivity contribution is 0.102. The maximum Gasteiger partial charge on any atom is 0.259 e. The molecule has 0 radical (unpaired) electrons. The number of amides is 1. The molecule has 0 saturated heterocycles. The number of nitrogens with one attached hydrogen (secondary N) is 1. The maximum atomic E-state index is 12.2. The first-order chi connectivity index (χ1) is 9.11. The first kappa shape index (κ1) is 12.7. The average Bonchev–Trinajstić information content (AvgIpc) is 2.39. The molecule has 0 bridgehead atoms. The molecule has 1 aromatic heterocycles. The van der Waals surface area contributed by atoms with Crippen LogP contribution in [0.4, 0.5) is 5.69 Å². The van der Waals surface area contributed by atoms with E-state index in [0.717, 1.165) is 0 Å². The van der Waals surface area contributed by atoms with Crippen molar-refractivity contribution in [2.45, 2.75) is 13.8 Å². The van der Waals surface area contributed by atoms with Crippen LogP contribution in [0, 0.1) is 25.2 Å². The van der Waals surface area contributed by atoms with Crippen molar-refractivity contribution in [3.63, 3.8) is 0 Å². The summed E-state index contributed by atoms with van der Waals surface area (Å²) in [5, 5.41) is 11.5. The van der Waals surface area contributed by atoms with Gasteiger partial charge in [-0.05, 0) is 38.1 Å². The van der Waals surface area contributed by atoms with Crippen LogP contribution in [0.25, 0.3) is 0 Å². The van der Waals surface area contributed by atoms with E-state index < -0.39 is 0 Å². The smallest absolute Gasteiger partial charge is 0.259 e. The number of hydrogen-bond acceptors (Lipinski definition) is 4. The van der Waals surface area contributed by atoms with E-state index in [4.69, 9.17) is 5.26 Å². The zero-order valence-electron chi connectivity index (χ0n) is 10.6. The van der Waals surface area contributed by atoms with Gasteiger partial charge in [0.1, 0.15) is 6.33 Å². The predicted molar refractivity (Wildman–Crippen MR) is 70.6 cm³/mol. The van der Waals surface area contributed by atoms with E-state index in [9.17, 15) is 4.79 Å². The van der Waals surface area contributed by atoms with Gasteiger partial charge in [-0.15, -0.1) is 0 Å². The largest absolute Gasteiger partial charge is 0.322 e. The molecular formula is C14H12N4O. The van der Waals surface area contributed by atoms with Gasteiger partial charge in [0.15, 0.2) is 0 Å². The van der Waals surface area contributed by atoms with Crippen molar-refractivity contribution in [3.05, 3.63) is 53.1 Å². The van der Waals surface area contributed by atoms with E-state index in [1.54, 1.807) is 38.1 Å². The van der Waals surface area contributed by atoms with Crippen molar-refractivity contribution in [3.8, 4) is 6.07 Å². The standard InChI is InChI=1S/C14H12N4O/c1-9-13(10(2)17-8-16-9)14(19)18-12-5-3-11(7-15)4-6-12/h3-6,8H,1-2H3,(H,18,19). The van der Waals surface area contributed by atoms with Gasteiger partial charge in [0.2, 0.25) is 0 Å². The van der Waals surface area contributed by atoms with Crippen molar-refractivity contribution in [2.75, 3.05) is 5.32 Å². The van der Waals surface area contributed by atoms with E-state index in [1.165, 1.54) is 6.33 Å². The number of carbonyl (C=O) groups is 1. The summed E-state index contributed by atoms with van der Waals surface area (Å²) in [6, 6.07) is 8.69. The highest BCUT2D eigenvalue weighted by Gasteiger charge is 2.13. The summed E-state index contributed by atoms with van der Waals surface area (Å²) in [6.45, 7) is 3.53. The lowest BCUT2D eigenvalue weighted by Crippen LogP contribution is -2.16. The number of aromatic nitrogens is 2. The van der Waals surface area contributed by atoms with E-state index in [0.29, 0.717) is 28.2 Å². The van der Waals surface area contributed by atoms with Crippen molar-refractivity contribution in [1.82, 2.24) is 9.97 Å². The van der Waals surface area contributed by atoms with Gasteiger partial charge in [0.25, 0.3) is 5.91 Å². The number of rotatable bonds is 2. The van der Waals surface area contributed by atoms with Crippen LogP contribution in [-0.4, -0.2) is 15.9 Å². The van der Waals surface area contributed by atoms with Crippen LogP contribution in [0.5, 0.6) is 0 Å². The molecule has 0 atom stereocenters. The summed E-state index contributed by atoms with van der Waals surface area (Å²) >= 11 is 0. The molecule has 2 rings (SSSR count). The molecule has 0 aliphatic heterocycles. The van der Waals surface area contributed by atoms with Gasteiger partial charge in [0, 0.05) is 5.69 Å². The second kappa shape index (κ2) is 5.27. The lowest BCUT2D eigenvalue weighted by Gasteiger charge is -2.08. The summed E-state index contributed by atoms with van der Waals surface area (Å²) in [5.74, 6) is -0.250. The normalized spacial score (nSPS) is 9.74. The van der Waals surface area contributed by atoms with Crippen LogP contribution in [0.3, 0.4) is 0 Å². The van der Waals surface area contributed by atoms with E-state index >= 15 is 0 Å². The molecule has 94 valence electrons. The molecule has 2 aromatic rings. The third kappa shape index (κ3) is 2.75. The second-order valence-electron chi connectivity index (χ2n) is 4.06. The minimum atomic E-state index is -0.250. The highest BCUT2D eigenvalue weighted by molar-refractivity contribution is 6.05. The Morgan fingerprint density at radius 1 is 1.16 bits per heavy atom. The van der Waals surface area contributed by atoms with Crippen molar-refractivity contribution >= 4 is 11.6 Å². The Hall–Kier alpha value is -2.74. The second-order valence-corrected chi connectivity index (χ2v) is 4.06. The fourth-order valence-corrected chi connectivity index (χ4v) is 1.74. The fourth-order valence-electron chi connectivity index (χ4n) is 1.74. The predicted octanol–water partition coefficient (Wildman–Crippen LogP) is 2.22. The molecule has 0 saturated carbocycles. The van der Waals surface area contributed by atoms with Gasteiger partial charge in [-0.2, -0.15) is 5.26 Å². The molecule has 0 aliphatic rings. The number of nitriles is 1. The molecule has 0 unspecified atom stereocenters. The van der Waals surface area contributed by atoms with Gasteiger partial charge in [-0.3, -0.25) is 4.79 Å². The number of anilines is 1. The van der Waals surface area contributed by atoms with Crippen molar-refractivity contribution in [1.29, 1.82) is 5.26 Å². The Morgan fingerprint density at radius 3 is 2.26 bits per heavy atom. The van der Waals surface area contributed by atoms with Gasteiger partial charge in [0.05, 0.1) is 28.6 Å². The van der Waals surface area contributed by atoms with Gasteiger partial charge >= 0.3 is 0 Å². The summed E-state index contributed by atoms with van der Waals surface area (Å²) in [4.78, 5) is 20.2. The van der Waals surface area contributed by atoms with Crippen molar-refractivity contribution < 1.29 is 4.79 Å². The number of aryl methyl sites for hydroxylation is 2. The van der Waals surface area contributed by atoms with Crippen LogP contribution in [0.1, 0.15) is 27.3 Å². The maximum absolute atomic E-state index is 12.2. The highest BCUT2D eigenvalue weighted by Crippen LogP contribution is 2.13. The highest BCUT2D eigenvalue weighted by atomic mass is 16.1. The zero-order chi connectivity index (χ0) is 13.8. The van der Waals surface area contributed by atoms with Gasteiger partial charge < -0.3 is 5.32 Å². The third-order valence-electron chi connectivity index (χ3n) is 2.73. The summed E-state index contributed by atoms with van der Waals surface area (Å²) in [7, 11) is 0. The molecule has 1 amide bonds. The molecule has 1 aromatic carbocycles. The number of hydrogen-bond donors (Lipinski definition) is 1. The Kier molecular flexibility index (Phi) is 3.53. The summed E-state index contributed by atoms with van der Waals surface area (Å²) < 4.78 is 0. The van der Waals surface area contributed by atoms with Crippen LogP contribution < -0.4 is 5.32 Å². The number of nitrogens with zero attached hydrogens (tertiary/aromatic N) is 3. The number of benzene rings is 1. The first-order valence-corrected chi connectivity index (χ1v) is 5.71. The van der Waals surface area contributed by atoms with Crippen LogP contribution >= 0.6 is 0 Å². The molecule has 5 heteroatoms.